The van der Waals surface area contributed by atoms with Crippen LogP contribution in [-0.2, 0) is 14.3 Å². The summed E-state index contributed by atoms with van der Waals surface area (Å²) in [6, 6.07) is -1.19. The first-order chi connectivity index (χ1) is 25.2. The zero-order chi connectivity index (χ0) is 38.4. The van der Waals surface area contributed by atoms with Crippen LogP contribution in [0, 0.1) is 0 Å². The van der Waals surface area contributed by atoms with Crippen molar-refractivity contribution < 1.29 is 50.0 Å². The van der Waals surface area contributed by atoms with Gasteiger partial charge in [0.1, 0.15) is 36.6 Å². The molecule has 9 unspecified atom stereocenters. The Morgan fingerprint density at radius 3 is 1.81 bits per heavy atom. The summed E-state index contributed by atoms with van der Waals surface area (Å²) in [5.74, 6) is -0.723. The Hall–Kier alpha value is -1.67. The molecule has 0 saturated carbocycles. The molecular weight excluding hydrogens is 666 g/mol. The van der Waals surface area contributed by atoms with E-state index in [1.807, 2.05) is 0 Å². The van der Waals surface area contributed by atoms with Crippen LogP contribution >= 0.6 is 0 Å². The first kappa shape index (κ1) is 48.3. The van der Waals surface area contributed by atoms with Crippen LogP contribution in [-0.4, -0.2) is 110 Å². The summed E-state index contributed by atoms with van der Waals surface area (Å²) in [5.41, 5.74) is 0. The molecule has 0 aromatic heterocycles. The van der Waals surface area contributed by atoms with Gasteiger partial charge in [-0.3, -0.25) is 4.79 Å². The highest BCUT2D eigenvalue weighted by Crippen LogP contribution is 2.23. The molecule has 0 aromatic carbocycles. The Morgan fingerprint density at radius 1 is 0.673 bits per heavy atom. The maximum absolute atomic E-state index is 13.0. The van der Waals surface area contributed by atoms with Crippen LogP contribution in [0.3, 0.4) is 0 Å². The normalized spacial score (nSPS) is 23.4. The van der Waals surface area contributed by atoms with E-state index < -0.39 is 74.2 Å². The van der Waals surface area contributed by atoms with Gasteiger partial charge in [0.15, 0.2) is 6.29 Å². The third kappa shape index (κ3) is 21.9. The molecule has 0 spiro atoms. The average molecular weight is 742 g/mol. The van der Waals surface area contributed by atoms with Crippen molar-refractivity contribution in [2.75, 3.05) is 13.2 Å². The highest BCUT2D eigenvalue weighted by Gasteiger charge is 2.44. The van der Waals surface area contributed by atoms with E-state index >= 15 is 0 Å². The number of aliphatic hydroxyl groups is 7. The average Bonchev–Trinajstić information content (AvgIpc) is 3.14. The van der Waals surface area contributed by atoms with Crippen molar-refractivity contribution in [3.05, 3.63) is 36.5 Å². The Balaban J connectivity index is 2.58. The number of aliphatic hydroxyl groups excluding tert-OH is 7. The fraction of sp³-hybridized carbons (Fsp3) is 0.829. The molecule has 1 amide bonds. The zero-order valence-electron chi connectivity index (χ0n) is 32.3. The molecule has 0 aromatic rings. The number of hydrogen-bond acceptors (Lipinski definition) is 10. The maximum Gasteiger partial charge on any atom is 0.249 e. The van der Waals surface area contributed by atoms with Gasteiger partial charge >= 0.3 is 0 Å². The highest BCUT2D eigenvalue weighted by atomic mass is 16.7. The van der Waals surface area contributed by atoms with Crippen LogP contribution in [0.1, 0.15) is 149 Å². The molecule has 9 atom stereocenters. The second-order valence-corrected chi connectivity index (χ2v) is 14.4. The van der Waals surface area contributed by atoms with Crippen molar-refractivity contribution in [3.63, 3.8) is 0 Å². The zero-order valence-corrected chi connectivity index (χ0v) is 32.3. The lowest BCUT2D eigenvalue weighted by molar-refractivity contribution is -0.303. The number of nitrogens with one attached hydrogen (secondary N) is 1. The van der Waals surface area contributed by atoms with Gasteiger partial charge < -0.3 is 50.5 Å². The monoisotopic (exact) mass is 742 g/mol. The fourth-order valence-electron chi connectivity index (χ4n) is 6.19. The van der Waals surface area contributed by atoms with Gasteiger partial charge in [-0.1, -0.05) is 121 Å². The third-order valence-electron chi connectivity index (χ3n) is 9.69. The van der Waals surface area contributed by atoms with Crippen molar-refractivity contribution in [1.29, 1.82) is 0 Å². The summed E-state index contributed by atoms with van der Waals surface area (Å²) < 4.78 is 11.0. The van der Waals surface area contributed by atoms with Gasteiger partial charge in [0.05, 0.1) is 25.4 Å². The number of ether oxygens (including phenoxy) is 2. The van der Waals surface area contributed by atoms with Gasteiger partial charge in [-0.2, -0.15) is 0 Å². The topological polar surface area (TPSA) is 189 Å². The molecule has 1 aliphatic rings. The molecule has 52 heavy (non-hydrogen) atoms. The van der Waals surface area contributed by atoms with Crippen LogP contribution in [0.2, 0.25) is 0 Å². The minimum atomic E-state index is -1.67. The smallest absolute Gasteiger partial charge is 0.249 e. The van der Waals surface area contributed by atoms with E-state index in [0.717, 1.165) is 57.8 Å². The predicted octanol–water partition coefficient (Wildman–Crippen LogP) is 5.27. The molecule has 11 nitrogen and oxygen atoms in total. The van der Waals surface area contributed by atoms with Gasteiger partial charge in [0.2, 0.25) is 5.91 Å². The number of carbonyl (C=O) groups excluding carboxylic acids is 1. The Kier molecular flexibility index (Phi) is 29.4. The number of amides is 1. The first-order valence-corrected chi connectivity index (χ1v) is 20.4. The quantitative estimate of drug-likeness (QED) is 0.0256. The molecule has 0 bridgehead atoms. The summed E-state index contributed by atoms with van der Waals surface area (Å²) in [5, 5.41) is 75.2. The van der Waals surface area contributed by atoms with E-state index in [1.165, 1.54) is 51.4 Å². The number of rotatable bonds is 32. The maximum atomic E-state index is 13.0. The molecule has 1 rings (SSSR count). The highest BCUT2D eigenvalue weighted by molar-refractivity contribution is 5.80. The van der Waals surface area contributed by atoms with E-state index in [-0.39, 0.29) is 12.8 Å². The summed E-state index contributed by atoms with van der Waals surface area (Å²) in [6.07, 6.45) is 22.0. The van der Waals surface area contributed by atoms with Crippen molar-refractivity contribution >= 4 is 5.91 Å². The fourth-order valence-corrected chi connectivity index (χ4v) is 6.19. The van der Waals surface area contributed by atoms with E-state index in [9.17, 15) is 40.5 Å². The lowest BCUT2D eigenvalue weighted by atomic mass is 9.98. The largest absolute Gasteiger partial charge is 0.394 e. The summed E-state index contributed by atoms with van der Waals surface area (Å²) >= 11 is 0. The van der Waals surface area contributed by atoms with Crippen molar-refractivity contribution in [2.45, 2.75) is 204 Å². The Labute approximate surface area is 314 Å². The van der Waals surface area contributed by atoms with Crippen molar-refractivity contribution in [1.82, 2.24) is 5.32 Å². The number of unbranched alkanes of at least 4 members (excludes halogenated alkanes) is 15. The van der Waals surface area contributed by atoms with Crippen molar-refractivity contribution in [3.8, 4) is 0 Å². The Bertz CT molecular complexity index is 945. The van der Waals surface area contributed by atoms with E-state index in [2.05, 4.69) is 55.6 Å². The second-order valence-electron chi connectivity index (χ2n) is 14.4. The molecule has 1 heterocycles. The second kappa shape index (κ2) is 31.7. The third-order valence-corrected chi connectivity index (χ3v) is 9.69. The van der Waals surface area contributed by atoms with Crippen LogP contribution in [0.15, 0.2) is 36.5 Å². The number of carbonyl (C=O) groups is 1. The molecule has 11 heteroatoms. The van der Waals surface area contributed by atoms with E-state index in [4.69, 9.17) is 9.47 Å². The lowest BCUT2D eigenvalue weighted by Crippen LogP contribution is -2.60. The van der Waals surface area contributed by atoms with Gasteiger partial charge in [-0.05, 0) is 64.2 Å². The molecule has 1 fully saturated rings. The molecular formula is C41H75NO10. The van der Waals surface area contributed by atoms with Crippen LogP contribution in [0.5, 0.6) is 0 Å². The predicted molar refractivity (Wildman–Crippen MR) is 205 cm³/mol. The molecule has 1 aliphatic heterocycles. The minimum absolute atomic E-state index is 0.235. The van der Waals surface area contributed by atoms with Gasteiger partial charge in [-0.25, -0.2) is 0 Å². The number of hydrogen-bond donors (Lipinski definition) is 8. The van der Waals surface area contributed by atoms with Gasteiger partial charge in [0.25, 0.3) is 0 Å². The Morgan fingerprint density at radius 2 is 1.19 bits per heavy atom. The summed E-state index contributed by atoms with van der Waals surface area (Å²) in [6.45, 7) is 3.33. The molecule has 1 saturated heterocycles. The van der Waals surface area contributed by atoms with Gasteiger partial charge in [0, 0.05) is 0 Å². The van der Waals surface area contributed by atoms with Gasteiger partial charge in [-0.15, -0.1) is 0 Å². The van der Waals surface area contributed by atoms with E-state index in [0.29, 0.717) is 12.8 Å². The van der Waals surface area contributed by atoms with E-state index in [1.54, 1.807) is 0 Å². The van der Waals surface area contributed by atoms with Crippen LogP contribution < -0.4 is 5.32 Å². The standard InChI is InChI=1S/C41H75NO10/c1-3-5-7-9-11-13-15-16-17-19-21-23-25-27-29-34(45)40(50)42-32(31-51-41-39(49)38(48)37(47)35(30-43)52-41)36(46)33(44)28-26-24-22-20-18-14-12-10-8-6-4-2/h11,13,15-16,20,22,32-39,41,43-49H,3-10,12,14,17-19,21,23-31H2,1-2H3,(H,42,50)/b13-11-,16-15-,22-20+. The number of allylic oxidation sites excluding steroid dienone is 6. The first-order valence-electron chi connectivity index (χ1n) is 20.4. The van der Waals surface area contributed by atoms with Crippen LogP contribution in [0.25, 0.3) is 0 Å². The molecule has 8 N–H and O–H groups in total. The van der Waals surface area contributed by atoms with Crippen molar-refractivity contribution in [2.24, 2.45) is 0 Å². The van der Waals surface area contributed by atoms with Crippen LogP contribution in [0.4, 0.5) is 0 Å². The lowest BCUT2D eigenvalue weighted by Gasteiger charge is -2.40. The summed E-state index contributed by atoms with van der Waals surface area (Å²) in [4.78, 5) is 13.0. The SMILES string of the molecule is CCCCC/C=C\C=C/CCCCCCCC(O)C(=O)NC(COC1OC(CO)C(O)C(O)C1O)C(O)C(O)CCC/C=C/CCCCCCCC. The summed E-state index contributed by atoms with van der Waals surface area (Å²) in [7, 11) is 0. The molecule has 304 valence electrons. The molecule has 0 aliphatic carbocycles. The minimum Gasteiger partial charge on any atom is -0.394 e. The molecule has 0 radical (unpaired) electrons.